The van der Waals surface area contributed by atoms with Crippen molar-refractivity contribution in [3.05, 3.63) is 24.8 Å². The molecule has 19 heavy (non-hydrogen) atoms. The molecule has 0 bridgehead atoms. The molecule has 2 rings (SSSR count). The first-order chi connectivity index (χ1) is 9.33. The summed E-state index contributed by atoms with van der Waals surface area (Å²) in [5.41, 5.74) is 0. The molecule has 0 radical (unpaired) electrons. The average Bonchev–Trinajstić information content (AvgIpc) is 2.48. The highest BCUT2D eigenvalue weighted by Crippen LogP contribution is 2.39. The maximum atomic E-state index is 3.95. The summed E-state index contributed by atoms with van der Waals surface area (Å²) in [6.07, 6.45) is 21.5. The predicted octanol–water partition coefficient (Wildman–Crippen LogP) is 6.14. The molecule has 2 unspecified atom stereocenters. The van der Waals surface area contributed by atoms with Crippen LogP contribution in [0.2, 0.25) is 0 Å². The molecule has 0 aromatic heterocycles. The second-order valence-corrected chi connectivity index (χ2v) is 6.79. The zero-order valence-electron chi connectivity index (χ0n) is 12.8. The lowest BCUT2D eigenvalue weighted by Gasteiger charge is -2.34. The summed E-state index contributed by atoms with van der Waals surface area (Å²) in [4.78, 5) is 0. The van der Waals surface area contributed by atoms with Crippen LogP contribution >= 0.6 is 0 Å². The first kappa shape index (κ1) is 14.9. The fourth-order valence-electron chi connectivity index (χ4n) is 4.00. The highest BCUT2D eigenvalue weighted by atomic mass is 14.3. The molecule has 2 aliphatic rings. The largest absolute Gasteiger partial charge is 0.103 e. The Morgan fingerprint density at radius 2 is 1.79 bits per heavy atom. The Kier molecular flexibility index (Phi) is 6.20. The van der Waals surface area contributed by atoms with Gasteiger partial charge in [-0.1, -0.05) is 44.4 Å². The normalized spacial score (nSPS) is 35.2. The van der Waals surface area contributed by atoms with E-state index in [1.807, 2.05) is 0 Å². The first-order valence-electron chi connectivity index (χ1n) is 8.64. The van der Waals surface area contributed by atoms with E-state index in [1.54, 1.807) is 0 Å². The van der Waals surface area contributed by atoms with E-state index in [9.17, 15) is 0 Å². The third-order valence-electron chi connectivity index (χ3n) is 5.44. The molecule has 2 atom stereocenters. The van der Waals surface area contributed by atoms with Gasteiger partial charge in [0.05, 0.1) is 0 Å². The SMILES string of the molecule is C=CC1CCC(C2C=CC(CCCCC)CC2)CC1. The molecule has 0 saturated heterocycles. The fourth-order valence-corrected chi connectivity index (χ4v) is 4.00. The van der Waals surface area contributed by atoms with Crippen LogP contribution in [-0.4, -0.2) is 0 Å². The smallest absolute Gasteiger partial charge is 0.0205 e. The Balaban J connectivity index is 1.72. The van der Waals surface area contributed by atoms with Crippen molar-refractivity contribution in [2.75, 3.05) is 0 Å². The van der Waals surface area contributed by atoms with Crippen molar-refractivity contribution >= 4 is 0 Å². The topological polar surface area (TPSA) is 0 Å². The summed E-state index contributed by atoms with van der Waals surface area (Å²) < 4.78 is 0. The minimum atomic E-state index is 0.811. The molecule has 0 aliphatic heterocycles. The fraction of sp³-hybridized carbons (Fsp3) is 0.789. The molecule has 108 valence electrons. The lowest BCUT2D eigenvalue weighted by Crippen LogP contribution is -2.22. The maximum absolute atomic E-state index is 3.95. The summed E-state index contributed by atoms with van der Waals surface area (Å²) >= 11 is 0. The van der Waals surface area contributed by atoms with Crippen molar-refractivity contribution < 1.29 is 0 Å². The Labute approximate surface area is 120 Å². The summed E-state index contributed by atoms with van der Waals surface area (Å²) in [7, 11) is 0. The van der Waals surface area contributed by atoms with Crippen LogP contribution in [0.1, 0.15) is 71.1 Å². The predicted molar refractivity (Wildman–Crippen MR) is 85.1 cm³/mol. The second kappa shape index (κ2) is 7.92. The molecule has 0 aromatic rings. The van der Waals surface area contributed by atoms with Crippen LogP contribution in [0.25, 0.3) is 0 Å². The summed E-state index contributed by atoms with van der Waals surface area (Å²) in [5.74, 6) is 3.58. The van der Waals surface area contributed by atoms with Crippen molar-refractivity contribution in [1.82, 2.24) is 0 Å². The molecular formula is C19H32. The van der Waals surface area contributed by atoms with Gasteiger partial charge in [-0.15, -0.1) is 6.58 Å². The van der Waals surface area contributed by atoms with Gasteiger partial charge >= 0.3 is 0 Å². The second-order valence-electron chi connectivity index (χ2n) is 6.79. The van der Waals surface area contributed by atoms with Gasteiger partial charge in [-0.2, -0.15) is 0 Å². The Morgan fingerprint density at radius 3 is 2.37 bits per heavy atom. The zero-order chi connectivity index (χ0) is 13.5. The van der Waals surface area contributed by atoms with E-state index in [4.69, 9.17) is 0 Å². The van der Waals surface area contributed by atoms with Gasteiger partial charge in [0.2, 0.25) is 0 Å². The van der Waals surface area contributed by atoms with Crippen LogP contribution in [0.5, 0.6) is 0 Å². The van der Waals surface area contributed by atoms with Crippen LogP contribution in [0.4, 0.5) is 0 Å². The van der Waals surface area contributed by atoms with E-state index >= 15 is 0 Å². The number of allylic oxidation sites excluding steroid dienone is 3. The van der Waals surface area contributed by atoms with Crippen molar-refractivity contribution in [3.63, 3.8) is 0 Å². The Bertz CT molecular complexity index is 280. The number of rotatable bonds is 6. The van der Waals surface area contributed by atoms with Gasteiger partial charge < -0.3 is 0 Å². The van der Waals surface area contributed by atoms with Gasteiger partial charge in [-0.25, -0.2) is 0 Å². The number of hydrogen-bond donors (Lipinski definition) is 0. The monoisotopic (exact) mass is 260 g/mol. The third-order valence-corrected chi connectivity index (χ3v) is 5.44. The van der Waals surface area contributed by atoms with Crippen molar-refractivity contribution in [2.24, 2.45) is 23.7 Å². The highest BCUT2D eigenvalue weighted by molar-refractivity contribution is 5.01. The molecule has 0 aromatic carbocycles. The van der Waals surface area contributed by atoms with Crippen LogP contribution in [-0.2, 0) is 0 Å². The van der Waals surface area contributed by atoms with Crippen LogP contribution < -0.4 is 0 Å². The standard InChI is InChI=1S/C19H32/c1-3-5-6-7-17-10-14-19(15-11-17)18-12-8-16(4-2)9-13-18/h4,10,14,16-19H,2-3,5-9,11-13,15H2,1H3. The van der Waals surface area contributed by atoms with Gasteiger partial charge in [0, 0.05) is 0 Å². The average molecular weight is 260 g/mol. The van der Waals surface area contributed by atoms with E-state index in [-0.39, 0.29) is 0 Å². The summed E-state index contributed by atoms with van der Waals surface area (Å²) in [5, 5.41) is 0. The van der Waals surface area contributed by atoms with Crippen molar-refractivity contribution in [3.8, 4) is 0 Å². The molecule has 0 N–H and O–H groups in total. The minimum Gasteiger partial charge on any atom is -0.103 e. The van der Waals surface area contributed by atoms with Gasteiger partial charge in [-0.3, -0.25) is 0 Å². The molecule has 0 heteroatoms. The van der Waals surface area contributed by atoms with Gasteiger partial charge in [0.25, 0.3) is 0 Å². The molecule has 0 spiro atoms. The maximum Gasteiger partial charge on any atom is -0.0205 e. The van der Waals surface area contributed by atoms with Crippen LogP contribution in [0.3, 0.4) is 0 Å². The Hall–Kier alpha value is -0.520. The highest BCUT2D eigenvalue weighted by Gasteiger charge is 2.27. The third kappa shape index (κ3) is 4.51. The molecule has 1 fully saturated rings. The van der Waals surface area contributed by atoms with Crippen molar-refractivity contribution in [1.29, 1.82) is 0 Å². The van der Waals surface area contributed by atoms with Crippen LogP contribution in [0, 0.1) is 23.7 Å². The van der Waals surface area contributed by atoms with E-state index < -0.39 is 0 Å². The summed E-state index contributed by atoms with van der Waals surface area (Å²) in [6, 6.07) is 0. The van der Waals surface area contributed by atoms with Crippen LogP contribution in [0.15, 0.2) is 24.8 Å². The quantitative estimate of drug-likeness (QED) is 0.397. The molecule has 0 amide bonds. The molecule has 1 saturated carbocycles. The number of unbranched alkanes of at least 4 members (excludes halogenated alkanes) is 2. The number of hydrogen-bond acceptors (Lipinski definition) is 0. The zero-order valence-corrected chi connectivity index (χ0v) is 12.8. The molecule has 2 aliphatic carbocycles. The van der Waals surface area contributed by atoms with Gasteiger partial charge in [-0.05, 0) is 68.6 Å². The molecular weight excluding hydrogens is 228 g/mol. The van der Waals surface area contributed by atoms with E-state index in [0.29, 0.717) is 0 Å². The Morgan fingerprint density at radius 1 is 1.00 bits per heavy atom. The lowest BCUT2D eigenvalue weighted by molar-refractivity contribution is 0.230. The minimum absolute atomic E-state index is 0.811. The van der Waals surface area contributed by atoms with E-state index in [0.717, 1.165) is 23.7 Å². The molecule has 0 heterocycles. The molecule has 0 nitrogen and oxygen atoms in total. The van der Waals surface area contributed by atoms with Gasteiger partial charge in [0.1, 0.15) is 0 Å². The van der Waals surface area contributed by atoms with E-state index in [2.05, 4.69) is 31.7 Å². The first-order valence-corrected chi connectivity index (χ1v) is 8.64. The van der Waals surface area contributed by atoms with Crippen molar-refractivity contribution in [2.45, 2.75) is 71.1 Å². The lowest BCUT2D eigenvalue weighted by atomic mass is 9.71. The van der Waals surface area contributed by atoms with E-state index in [1.165, 1.54) is 64.2 Å². The summed E-state index contributed by atoms with van der Waals surface area (Å²) in [6.45, 7) is 6.25. The van der Waals surface area contributed by atoms with Gasteiger partial charge in [0.15, 0.2) is 0 Å².